The van der Waals surface area contributed by atoms with Gasteiger partial charge in [0, 0.05) is 19.1 Å². The first-order chi connectivity index (χ1) is 7.78. The Balaban J connectivity index is 2.12. The van der Waals surface area contributed by atoms with Gasteiger partial charge in [-0.25, -0.2) is 4.79 Å². The number of rotatable bonds is 4. The monoisotopic (exact) mass is 244 g/mol. The van der Waals surface area contributed by atoms with E-state index in [1.54, 1.807) is 11.8 Å². The normalized spacial score (nSPS) is 18.8. The van der Waals surface area contributed by atoms with Crippen molar-refractivity contribution in [3.8, 4) is 0 Å². The van der Waals surface area contributed by atoms with Crippen molar-refractivity contribution in [2.75, 3.05) is 19.6 Å². The molecule has 1 fully saturated rings. The third kappa shape index (κ3) is 5.37. The van der Waals surface area contributed by atoms with Crippen molar-refractivity contribution in [2.45, 2.75) is 51.9 Å². The molecule has 1 aliphatic rings. The van der Waals surface area contributed by atoms with E-state index in [0.29, 0.717) is 19.1 Å². The van der Waals surface area contributed by atoms with Gasteiger partial charge in [0.05, 0.1) is 6.10 Å². The molecule has 1 aliphatic heterocycles. The molecule has 5 heteroatoms. The van der Waals surface area contributed by atoms with E-state index in [-0.39, 0.29) is 12.2 Å². The molecule has 1 saturated heterocycles. The Hall–Kier alpha value is -0.810. The van der Waals surface area contributed by atoms with Crippen LogP contribution in [0.5, 0.6) is 0 Å². The lowest BCUT2D eigenvalue weighted by atomic mass is 10.1. The Morgan fingerprint density at radius 2 is 2.12 bits per heavy atom. The second-order valence-corrected chi connectivity index (χ2v) is 5.67. The molecule has 2 N–H and O–H groups in total. The molecule has 0 bridgehead atoms. The number of ether oxygens (including phenoxy) is 1. The number of aliphatic hydroxyl groups excluding tert-OH is 1. The second kappa shape index (κ2) is 5.69. The Kier molecular flexibility index (Phi) is 4.77. The molecule has 5 nitrogen and oxygen atoms in total. The van der Waals surface area contributed by atoms with Crippen molar-refractivity contribution >= 4 is 6.09 Å². The van der Waals surface area contributed by atoms with Crippen molar-refractivity contribution in [2.24, 2.45) is 0 Å². The number of carbonyl (C=O) groups is 1. The maximum absolute atomic E-state index is 11.6. The van der Waals surface area contributed by atoms with Gasteiger partial charge in [0.2, 0.25) is 0 Å². The third-order valence-corrected chi connectivity index (χ3v) is 2.53. The SMILES string of the molecule is CC(O)CCNC1CN(C(=O)OC(C)(C)C)C1. The molecule has 1 atom stereocenters. The molecule has 1 unspecified atom stereocenters. The first kappa shape index (κ1) is 14.3. The van der Waals surface area contributed by atoms with Gasteiger partial charge >= 0.3 is 6.09 Å². The van der Waals surface area contributed by atoms with Crippen LogP contribution in [0.4, 0.5) is 4.79 Å². The first-order valence-electron chi connectivity index (χ1n) is 6.17. The number of nitrogens with zero attached hydrogens (tertiary/aromatic N) is 1. The lowest BCUT2D eigenvalue weighted by Gasteiger charge is -2.40. The van der Waals surface area contributed by atoms with Crippen LogP contribution in [0, 0.1) is 0 Å². The highest BCUT2D eigenvalue weighted by Gasteiger charge is 2.33. The van der Waals surface area contributed by atoms with Crippen LogP contribution in [-0.4, -0.2) is 53.5 Å². The molecule has 1 amide bonds. The zero-order valence-corrected chi connectivity index (χ0v) is 11.2. The largest absolute Gasteiger partial charge is 0.444 e. The zero-order chi connectivity index (χ0) is 13.1. The van der Waals surface area contributed by atoms with E-state index in [4.69, 9.17) is 9.84 Å². The fourth-order valence-corrected chi connectivity index (χ4v) is 1.58. The minimum absolute atomic E-state index is 0.244. The number of aliphatic hydroxyl groups is 1. The van der Waals surface area contributed by atoms with Gasteiger partial charge in [0.15, 0.2) is 0 Å². The number of hydrogen-bond acceptors (Lipinski definition) is 4. The number of carbonyl (C=O) groups excluding carboxylic acids is 1. The summed E-state index contributed by atoms with van der Waals surface area (Å²) in [7, 11) is 0. The second-order valence-electron chi connectivity index (χ2n) is 5.67. The smallest absolute Gasteiger partial charge is 0.410 e. The summed E-state index contributed by atoms with van der Waals surface area (Å²) in [4.78, 5) is 13.3. The molecule has 17 heavy (non-hydrogen) atoms. The van der Waals surface area contributed by atoms with Gasteiger partial charge in [-0.2, -0.15) is 0 Å². The number of likely N-dealkylation sites (tertiary alicyclic amines) is 1. The van der Waals surface area contributed by atoms with Crippen LogP contribution in [0.2, 0.25) is 0 Å². The predicted molar refractivity (Wildman–Crippen MR) is 65.9 cm³/mol. The Morgan fingerprint density at radius 1 is 1.53 bits per heavy atom. The summed E-state index contributed by atoms with van der Waals surface area (Å²) in [5, 5.41) is 12.4. The van der Waals surface area contributed by atoms with E-state index in [1.807, 2.05) is 20.8 Å². The lowest BCUT2D eigenvalue weighted by Crippen LogP contribution is -2.60. The van der Waals surface area contributed by atoms with E-state index in [2.05, 4.69) is 5.32 Å². The summed E-state index contributed by atoms with van der Waals surface area (Å²) in [5.74, 6) is 0. The van der Waals surface area contributed by atoms with Crippen LogP contribution in [0.1, 0.15) is 34.1 Å². The maximum Gasteiger partial charge on any atom is 0.410 e. The number of nitrogens with one attached hydrogen (secondary N) is 1. The van der Waals surface area contributed by atoms with Gasteiger partial charge in [-0.15, -0.1) is 0 Å². The van der Waals surface area contributed by atoms with Gasteiger partial charge in [0.25, 0.3) is 0 Å². The topological polar surface area (TPSA) is 61.8 Å². The highest BCUT2D eigenvalue weighted by Crippen LogP contribution is 2.15. The highest BCUT2D eigenvalue weighted by molar-refractivity contribution is 5.69. The van der Waals surface area contributed by atoms with Gasteiger partial charge in [-0.3, -0.25) is 0 Å². The molecular formula is C12H24N2O3. The fourth-order valence-electron chi connectivity index (χ4n) is 1.58. The lowest BCUT2D eigenvalue weighted by molar-refractivity contribution is 0.00504. The van der Waals surface area contributed by atoms with E-state index in [0.717, 1.165) is 13.0 Å². The van der Waals surface area contributed by atoms with Crippen LogP contribution >= 0.6 is 0 Å². The first-order valence-corrected chi connectivity index (χ1v) is 6.17. The van der Waals surface area contributed by atoms with E-state index >= 15 is 0 Å². The van der Waals surface area contributed by atoms with E-state index < -0.39 is 5.60 Å². The fraction of sp³-hybridized carbons (Fsp3) is 0.917. The quantitative estimate of drug-likeness (QED) is 0.773. The van der Waals surface area contributed by atoms with Crippen molar-refractivity contribution in [1.82, 2.24) is 10.2 Å². The average molecular weight is 244 g/mol. The van der Waals surface area contributed by atoms with Gasteiger partial charge in [-0.1, -0.05) is 0 Å². The van der Waals surface area contributed by atoms with Gasteiger partial charge in [0.1, 0.15) is 5.60 Å². The number of amides is 1. The third-order valence-electron chi connectivity index (χ3n) is 2.53. The van der Waals surface area contributed by atoms with Crippen molar-refractivity contribution in [3.63, 3.8) is 0 Å². The molecule has 0 aromatic rings. The van der Waals surface area contributed by atoms with Crippen LogP contribution in [0.15, 0.2) is 0 Å². The predicted octanol–water partition coefficient (Wildman–Crippen LogP) is 0.966. The molecule has 0 aromatic carbocycles. The average Bonchev–Trinajstić information content (AvgIpc) is 2.04. The van der Waals surface area contributed by atoms with Gasteiger partial charge < -0.3 is 20.1 Å². The van der Waals surface area contributed by atoms with Crippen molar-refractivity contribution in [3.05, 3.63) is 0 Å². The summed E-state index contributed by atoms with van der Waals surface area (Å²) >= 11 is 0. The van der Waals surface area contributed by atoms with Crippen LogP contribution in [0.3, 0.4) is 0 Å². The molecule has 1 rings (SSSR count). The molecule has 0 spiro atoms. The van der Waals surface area contributed by atoms with Gasteiger partial charge in [-0.05, 0) is 40.7 Å². The maximum atomic E-state index is 11.6. The van der Waals surface area contributed by atoms with Crippen LogP contribution < -0.4 is 5.32 Å². The summed E-state index contributed by atoms with van der Waals surface area (Å²) in [5.41, 5.74) is -0.429. The van der Waals surface area contributed by atoms with E-state index in [9.17, 15) is 4.79 Å². The van der Waals surface area contributed by atoms with Crippen molar-refractivity contribution < 1.29 is 14.6 Å². The van der Waals surface area contributed by atoms with E-state index in [1.165, 1.54) is 0 Å². The molecular weight excluding hydrogens is 220 g/mol. The standard InChI is InChI=1S/C12H24N2O3/c1-9(15)5-6-13-10-7-14(8-10)11(16)17-12(2,3)4/h9-10,13,15H,5-8H2,1-4H3. The van der Waals surface area contributed by atoms with Crippen molar-refractivity contribution in [1.29, 1.82) is 0 Å². The minimum Gasteiger partial charge on any atom is -0.444 e. The molecule has 1 heterocycles. The Labute approximate surface area is 103 Å². The zero-order valence-electron chi connectivity index (χ0n) is 11.2. The Bertz CT molecular complexity index is 255. The summed E-state index contributed by atoms with van der Waals surface area (Å²) in [6.07, 6.45) is 0.221. The Morgan fingerprint density at radius 3 is 2.59 bits per heavy atom. The molecule has 0 aromatic heterocycles. The minimum atomic E-state index is -0.429. The molecule has 0 radical (unpaired) electrons. The number of hydrogen-bond donors (Lipinski definition) is 2. The summed E-state index contributed by atoms with van der Waals surface area (Å²) in [6, 6.07) is 0.335. The molecule has 100 valence electrons. The summed E-state index contributed by atoms with van der Waals surface area (Å²) < 4.78 is 5.25. The summed E-state index contributed by atoms with van der Waals surface area (Å²) in [6.45, 7) is 9.53. The highest BCUT2D eigenvalue weighted by atomic mass is 16.6. The molecule has 0 aliphatic carbocycles. The molecule has 0 saturated carbocycles. The van der Waals surface area contributed by atoms with Crippen LogP contribution in [-0.2, 0) is 4.74 Å². The van der Waals surface area contributed by atoms with Crippen LogP contribution in [0.25, 0.3) is 0 Å².